The Bertz CT molecular complexity index is 1380. The molecule has 0 saturated carbocycles. The molecule has 1 fully saturated rings. The second-order valence-electron chi connectivity index (χ2n) is 8.33. The van der Waals surface area contributed by atoms with E-state index in [-0.39, 0.29) is 41.3 Å². The van der Waals surface area contributed by atoms with Crippen molar-refractivity contribution in [2.24, 2.45) is 0 Å². The van der Waals surface area contributed by atoms with Gasteiger partial charge in [0.2, 0.25) is 17.5 Å². The maximum Gasteiger partial charge on any atom is 0.335 e. The molecule has 1 aliphatic heterocycles. The van der Waals surface area contributed by atoms with Crippen LogP contribution in [0.2, 0.25) is 0 Å². The first kappa shape index (κ1) is 26.2. The smallest absolute Gasteiger partial charge is 0.335 e. The van der Waals surface area contributed by atoms with Gasteiger partial charge in [-0.2, -0.15) is 0 Å². The highest BCUT2D eigenvalue weighted by molar-refractivity contribution is 5.88. The Morgan fingerprint density at radius 1 is 1.05 bits per heavy atom. The lowest BCUT2D eigenvalue weighted by atomic mass is 9.99. The van der Waals surface area contributed by atoms with Crippen LogP contribution in [-0.4, -0.2) is 85.6 Å². The first-order chi connectivity index (χ1) is 17.5. The lowest BCUT2D eigenvalue weighted by molar-refractivity contribution is -0.271. The maximum absolute atomic E-state index is 12.9. The number of benzene rings is 2. The van der Waals surface area contributed by atoms with Gasteiger partial charge >= 0.3 is 5.97 Å². The molecule has 37 heavy (non-hydrogen) atoms. The Morgan fingerprint density at radius 2 is 1.78 bits per heavy atom. The molecule has 1 aliphatic rings. The number of phenolic OH excluding ortho intramolecular Hbond substituents is 1. The third kappa shape index (κ3) is 4.90. The van der Waals surface area contributed by atoms with Crippen molar-refractivity contribution in [1.29, 1.82) is 0 Å². The van der Waals surface area contributed by atoms with Gasteiger partial charge < -0.3 is 54.4 Å². The Morgan fingerprint density at radius 3 is 2.46 bits per heavy atom. The number of ether oxygens (including phenoxy) is 3. The molecule has 198 valence electrons. The third-order valence-corrected chi connectivity index (χ3v) is 5.79. The van der Waals surface area contributed by atoms with Crippen LogP contribution in [0, 0.1) is 6.92 Å². The molecule has 7 N–H and O–H groups in total. The zero-order valence-corrected chi connectivity index (χ0v) is 19.3. The monoisotopic (exact) mass is 520 g/mol. The molecule has 13 heteroatoms. The molecule has 5 unspecified atom stereocenters. The van der Waals surface area contributed by atoms with E-state index in [1.807, 2.05) is 0 Å². The topological polar surface area (TPSA) is 217 Å². The summed E-state index contributed by atoms with van der Waals surface area (Å²) in [5.74, 6) is -3.22. The van der Waals surface area contributed by atoms with Crippen LogP contribution < -0.4 is 14.9 Å². The molecular formula is C24H24O13. The highest BCUT2D eigenvalue weighted by atomic mass is 16.7. The highest BCUT2D eigenvalue weighted by Gasteiger charge is 2.48. The number of rotatable bonds is 7. The number of aryl methyl sites for hydroxylation is 1. The Hall–Kier alpha value is -3.88. The molecule has 1 saturated heterocycles. The van der Waals surface area contributed by atoms with E-state index < -0.39 is 53.6 Å². The van der Waals surface area contributed by atoms with Crippen molar-refractivity contribution >= 4 is 16.9 Å². The molecule has 0 amide bonds. The van der Waals surface area contributed by atoms with Gasteiger partial charge in [0.25, 0.3) is 0 Å². The molecule has 0 bridgehead atoms. The predicted molar refractivity (Wildman–Crippen MR) is 124 cm³/mol. The van der Waals surface area contributed by atoms with Gasteiger partial charge in [-0.05, 0) is 18.6 Å². The lowest BCUT2D eigenvalue weighted by Gasteiger charge is -2.38. The van der Waals surface area contributed by atoms with Gasteiger partial charge in [-0.25, -0.2) is 4.79 Å². The van der Waals surface area contributed by atoms with E-state index in [0.29, 0.717) is 11.3 Å². The van der Waals surface area contributed by atoms with Crippen molar-refractivity contribution < 1.29 is 59.2 Å². The number of carbonyl (C=O) groups is 1. The average molecular weight is 520 g/mol. The first-order valence-corrected chi connectivity index (χ1v) is 11.0. The van der Waals surface area contributed by atoms with E-state index in [9.17, 15) is 40.2 Å². The largest absolute Gasteiger partial charge is 0.507 e. The molecule has 0 spiro atoms. The average Bonchev–Trinajstić information content (AvgIpc) is 2.85. The molecule has 4 rings (SSSR count). The summed E-state index contributed by atoms with van der Waals surface area (Å²) in [6, 6.07) is 6.74. The van der Waals surface area contributed by atoms with E-state index in [4.69, 9.17) is 23.7 Å². The van der Waals surface area contributed by atoms with Crippen molar-refractivity contribution in [3.63, 3.8) is 0 Å². The van der Waals surface area contributed by atoms with Gasteiger partial charge in [-0.15, -0.1) is 0 Å². The van der Waals surface area contributed by atoms with Crippen molar-refractivity contribution in [2.45, 2.75) is 37.6 Å². The standard InChI is InChI=1S/C24H24O13/c1-9-2-3-10(6-13(9)34-5-4-25)21-18(29)16(27)15-12(26)7-11(8-14(15)36-21)35-24-20(31)17(28)19(30)22(37-24)23(32)33/h2-3,6-8,17,19-20,22,24-26,28-31H,4-5H2,1H3,(H,32,33). The van der Waals surface area contributed by atoms with E-state index in [0.717, 1.165) is 12.1 Å². The molecule has 1 aromatic heterocycles. The zero-order chi connectivity index (χ0) is 27.0. The van der Waals surface area contributed by atoms with Gasteiger partial charge in [0.15, 0.2) is 11.9 Å². The third-order valence-electron chi connectivity index (χ3n) is 5.79. The number of fused-ring (bicyclic) bond motifs is 1. The minimum atomic E-state index is -1.93. The van der Waals surface area contributed by atoms with Crippen LogP contribution in [0.5, 0.6) is 23.0 Å². The summed E-state index contributed by atoms with van der Waals surface area (Å²) in [7, 11) is 0. The van der Waals surface area contributed by atoms with Crippen molar-refractivity contribution in [2.75, 3.05) is 13.2 Å². The van der Waals surface area contributed by atoms with Crippen molar-refractivity contribution in [3.05, 3.63) is 46.1 Å². The fourth-order valence-corrected chi connectivity index (χ4v) is 3.86. The normalized spacial score (nSPS) is 23.6. The SMILES string of the molecule is Cc1ccc(-c2oc3cc(OC4OC(C(=O)O)C(O)C(O)C4O)cc(O)c3c(=O)c2O)cc1OCCO. The highest BCUT2D eigenvalue weighted by Crippen LogP contribution is 2.37. The van der Waals surface area contributed by atoms with Crippen LogP contribution in [0.25, 0.3) is 22.3 Å². The summed E-state index contributed by atoms with van der Waals surface area (Å²) in [6.07, 6.45) is -9.40. The van der Waals surface area contributed by atoms with Gasteiger partial charge in [0, 0.05) is 17.7 Å². The number of hydrogen-bond acceptors (Lipinski definition) is 12. The number of carboxylic acids is 1. The minimum absolute atomic E-state index is 0.00999. The Labute approximate surface area is 207 Å². The molecule has 0 radical (unpaired) electrons. The van der Waals surface area contributed by atoms with Gasteiger partial charge in [-0.1, -0.05) is 12.1 Å². The summed E-state index contributed by atoms with van der Waals surface area (Å²) in [5, 5.41) is 68.8. The summed E-state index contributed by atoms with van der Waals surface area (Å²) < 4.78 is 21.6. The maximum atomic E-state index is 12.9. The molecule has 13 nitrogen and oxygen atoms in total. The Kier molecular flexibility index (Phi) is 7.25. The molecule has 0 aliphatic carbocycles. The van der Waals surface area contributed by atoms with E-state index in [1.165, 1.54) is 6.07 Å². The van der Waals surface area contributed by atoms with Crippen LogP contribution in [0.4, 0.5) is 0 Å². The molecule has 3 aromatic rings. The van der Waals surface area contributed by atoms with Crippen LogP contribution >= 0.6 is 0 Å². The number of aliphatic carboxylic acids is 1. The van der Waals surface area contributed by atoms with Gasteiger partial charge in [0.1, 0.15) is 53.1 Å². The second kappa shape index (κ2) is 10.2. The summed E-state index contributed by atoms with van der Waals surface area (Å²) in [5.41, 5.74) is -0.247. The van der Waals surface area contributed by atoms with E-state index >= 15 is 0 Å². The van der Waals surface area contributed by atoms with Gasteiger partial charge in [-0.3, -0.25) is 4.79 Å². The van der Waals surface area contributed by atoms with Crippen LogP contribution in [-0.2, 0) is 9.53 Å². The van der Waals surface area contributed by atoms with Crippen LogP contribution in [0.1, 0.15) is 5.56 Å². The number of hydrogen-bond donors (Lipinski definition) is 7. The fraction of sp³-hybridized carbons (Fsp3) is 0.333. The number of aliphatic hydroxyl groups is 4. The number of aromatic hydroxyl groups is 2. The first-order valence-electron chi connectivity index (χ1n) is 11.0. The van der Waals surface area contributed by atoms with Crippen molar-refractivity contribution in [1.82, 2.24) is 0 Å². The molecular weight excluding hydrogens is 496 g/mol. The lowest BCUT2D eigenvalue weighted by Crippen LogP contribution is -2.61. The predicted octanol–water partition coefficient (Wildman–Crippen LogP) is -0.178. The second-order valence-corrected chi connectivity index (χ2v) is 8.33. The molecule has 2 heterocycles. The van der Waals surface area contributed by atoms with Crippen LogP contribution in [0.3, 0.4) is 0 Å². The summed E-state index contributed by atoms with van der Waals surface area (Å²) in [4.78, 5) is 24.2. The fourth-order valence-electron chi connectivity index (χ4n) is 3.86. The quantitative estimate of drug-likeness (QED) is 0.215. The van der Waals surface area contributed by atoms with Gasteiger partial charge in [0.05, 0.1) is 6.61 Å². The van der Waals surface area contributed by atoms with Crippen LogP contribution in [0.15, 0.2) is 39.5 Å². The van der Waals surface area contributed by atoms with E-state index in [1.54, 1.807) is 19.1 Å². The molecule has 2 aromatic carbocycles. The molecule has 5 atom stereocenters. The minimum Gasteiger partial charge on any atom is -0.507 e. The Balaban J connectivity index is 1.75. The number of aliphatic hydroxyl groups excluding tert-OH is 4. The number of phenols is 1. The zero-order valence-electron chi connectivity index (χ0n) is 19.3. The summed E-state index contributed by atoms with van der Waals surface area (Å²) >= 11 is 0. The van der Waals surface area contributed by atoms with E-state index in [2.05, 4.69) is 0 Å². The number of carboxylic acid groups (broad SMARTS) is 1. The summed E-state index contributed by atoms with van der Waals surface area (Å²) in [6.45, 7) is 1.53. The van der Waals surface area contributed by atoms with Crippen molar-refractivity contribution in [3.8, 4) is 34.3 Å².